The summed E-state index contributed by atoms with van der Waals surface area (Å²) < 4.78 is 2.25. The zero-order chi connectivity index (χ0) is 8.39. The molecule has 0 unspecified atom stereocenters. The highest BCUT2D eigenvalue weighted by Gasteiger charge is 1.97. The Morgan fingerprint density at radius 1 is 1.17 bits per heavy atom. The van der Waals surface area contributed by atoms with Crippen molar-refractivity contribution in [3.05, 3.63) is 42.2 Å². The smallest absolute Gasteiger partial charge is 0.0452 e. The lowest BCUT2D eigenvalue weighted by molar-refractivity contribution is 0.868. The third kappa shape index (κ3) is 1.11. The van der Waals surface area contributed by atoms with Crippen molar-refractivity contribution in [2.75, 3.05) is 0 Å². The summed E-state index contributed by atoms with van der Waals surface area (Å²) in [6, 6.07) is 10.7. The van der Waals surface area contributed by atoms with Crippen molar-refractivity contribution < 1.29 is 0 Å². The van der Waals surface area contributed by atoms with Gasteiger partial charge in [0.25, 0.3) is 0 Å². The van der Waals surface area contributed by atoms with Crippen LogP contribution in [0.3, 0.4) is 0 Å². The molecule has 0 radical (unpaired) electrons. The van der Waals surface area contributed by atoms with Gasteiger partial charge in [0.05, 0.1) is 0 Å². The molecular formula is C11H13N. The van der Waals surface area contributed by atoms with Crippen molar-refractivity contribution in [1.29, 1.82) is 0 Å². The molecule has 62 valence electrons. The average molecular weight is 159 g/mol. The molecule has 2 heterocycles. The second-order valence-corrected chi connectivity index (χ2v) is 3.07. The molecule has 0 aromatic carbocycles. The molecule has 0 N–H and O–H groups in total. The number of nitrogens with zero attached hydrogens (tertiary/aromatic N) is 1. The molecule has 0 aliphatic heterocycles. The summed E-state index contributed by atoms with van der Waals surface area (Å²) in [6.45, 7) is 2.21. The van der Waals surface area contributed by atoms with E-state index < -0.39 is 0 Å². The van der Waals surface area contributed by atoms with Crippen LogP contribution < -0.4 is 0 Å². The zero-order valence-electron chi connectivity index (χ0n) is 7.33. The highest BCUT2D eigenvalue weighted by molar-refractivity contribution is 5.49. The van der Waals surface area contributed by atoms with E-state index in [1.807, 2.05) is 0 Å². The fraction of sp³-hybridized carbons (Fsp3) is 0.273. The molecule has 0 spiro atoms. The number of aromatic nitrogens is 1. The molecule has 2 rings (SSSR count). The number of pyridine rings is 1. The van der Waals surface area contributed by atoms with Gasteiger partial charge in [-0.15, -0.1) is 0 Å². The van der Waals surface area contributed by atoms with Gasteiger partial charge in [-0.1, -0.05) is 19.4 Å². The first-order valence-corrected chi connectivity index (χ1v) is 4.47. The Hall–Kier alpha value is -1.24. The summed E-state index contributed by atoms with van der Waals surface area (Å²) in [7, 11) is 0. The van der Waals surface area contributed by atoms with Crippen LogP contribution in [0.4, 0.5) is 0 Å². The maximum Gasteiger partial charge on any atom is 0.0452 e. The molecule has 2 aromatic heterocycles. The van der Waals surface area contributed by atoms with Gasteiger partial charge < -0.3 is 4.40 Å². The van der Waals surface area contributed by atoms with Gasteiger partial charge in [-0.2, -0.15) is 0 Å². The third-order valence-electron chi connectivity index (χ3n) is 2.15. The molecule has 1 nitrogen and oxygen atoms in total. The Bertz CT molecular complexity index is 373. The van der Waals surface area contributed by atoms with Gasteiger partial charge in [0.1, 0.15) is 0 Å². The molecule has 0 bridgehead atoms. The SMILES string of the molecule is CCCc1ccc2ccccn12. The lowest BCUT2D eigenvalue weighted by Crippen LogP contribution is -1.90. The van der Waals surface area contributed by atoms with Gasteiger partial charge in [0.15, 0.2) is 0 Å². The van der Waals surface area contributed by atoms with Gasteiger partial charge in [-0.25, -0.2) is 0 Å². The number of hydrogen-bond donors (Lipinski definition) is 0. The van der Waals surface area contributed by atoms with Crippen molar-refractivity contribution in [1.82, 2.24) is 4.40 Å². The van der Waals surface area contributed by atoms with E-state index in [1.54, 1.807) is 0 Å². The second kappa shape index (κ2) is 3.02. The quantitative estimate of drug-likeness (QED) is 0.634. The molecule has 12 heavy (non-hydrogen) atoms. The van der Waals surface area contributed by atoms with Gasteiger partial charge >= 0.3 is 0 Å². The van der Waals surface area contributed by atoms with Crippen LogP contribution in [-0.2, 0) is 6.42 Å². The third-order valence-corrected chi connectivity index (χ3v) is 2.15. The van der Waals surface area contributed by atoms with Crippen LogP contribution in [0.2, 0.25) is 0 Å². The first kappa shape index (κ1) is 7.41. The Balaban J connectivity index is 2.55. The molecular weight excluding hydrogens is 146 g/mol. The van der Waals surface area contributed by atoms with Gasteiger partial charge in [-0.3, -0.25) is 0 Å². The van der Waals surface area contributed by atoms with Crippen LogP contribution in [0.25, 0.3) is 5.52 Å². The van der Waals surface area contributed by atoms with Crippen molar-refractivity contribution >= 4 is 5.52 Å². The van der Waals surface area contributed by atoms with Gasteiger partial charge in [0.2, 0.25) is 0 Å². The molecule has 1 heteroatoms. The largest absolute Gasteiger partial charge is 0.321 e. The minimum Gasteiger partial charge on any atom is -0.321 e. The van der Waals surface area contributed by atoms with Crippen LogP contribution in [0.15, 0.2) is 36.5 Å². The minimum absolute atomic E-state index is 1.16. The Labute approximate surface area is 72.6 Å². The summed E-state index contributed by atoms with van der Waals surface area (Å²) in [4.78, 5) is 0. The van der Waals surface area contributed by atoms with E-state index in [0.29, 0.717) is 0 Å². The fourth-order valence-corrected chi connectivity index (χ4v) is 1.58. The van der Waals surface area contributed by atoms with E-state index in [0.717, 1.165) is 6.42 Å². The summed E-state index contributed by atoms with van der Waals surface area (Å²) >= 11 is 0. The maximum absolute atomic E-state index is 2.25. The fourth-order valence-electron chi connectivity index (χ4n) is 1.58. The first-order chi connectivity index (χ1) is 5.92. The Kier molecular flexibility index (Phi) is 1.86. The lowest BCUT2D eigenvalue weighted by Gasteiger charge is -1.99. The van der Waals surface area contributed by atoms with E-state index in [2.05, 4.69) is 47.9 Å². The summed E-state index contributed by atoms with van der Waals surface area (Å²) in [6.07, 6.45) is 4.50. The molecule has 0 saturated carbocycles. The monoisotopic (exact) mass is 159 g/mol. The minimum atomic E-state index is 1.16. The highest BCUT2D eigenvalue weighted by Crippen LogP contribution is 2.10. The highest BCUT2D eigenvalue weighted by atomic mass is 14.9. The predicted molar refractivity (Wildman–Crippen MR) is 51.4 cm³/mol. The van der Waals surface area contributed by atoms with Crippen LogP contribution in [-0.4, -0.2) is 4.40 Å². The van der Waals surface area contributed by atoms with Crippen molar-refractivity contribution in [3.63, 3.8) is 0 Å². The molecule has 0 saturated heterocycles. The summed E-state index contributed by atoms with van der Waals surface area (Å²) in [5, 5.41) is 0. The van der Waals surface area contributed by atoms with Gasteiger partial charge in [-0.05, 0) is 30.7 Å². The van der Waals surface area contributed by atoms with Crippen molar-refractivity contribution in [2.24, 2.45) is 0 Å². The summed E-state index contributed by atoms with van der Waals surface area (Å²) in [5.74, 6) is 0. The standard InChI is InChI=1S/C11H13N/c1-2-5-10-7-8-11-6-3-4-9-12(10)11/h3-4,6-9H,2,5H2,1H3. The normalized spacial score (nSPS) is 10.8. The number of fused-ring (bicyclic) bond motifs is 1. The summed E-state index contributed by atoms with van der Waals surface area (Å²) in [5.41, 5.74) is 2.70. The molecule has 0 aliphatic carbocycles. The number of aryl methyl sites for hydroxylation is 1. The zero-order valence-corrected chi connectivity index (χ0v) is 7.33. The second-order valence-electron chi connectivity index (χ2n) is 3.07. The van der Waals surface area contributed by atoms with Crippen LogP contribution in [0, 0.1) is 0 Å². The van der Waals surface area contributed by atoms with E-state index in [1.165, 1.54) is 17.6 Å². The predicted octanol–water partition coefficient (Wildman–Crippen LogP) is 2.89. The Morgan fingerprint density at radius 2 is 2.08 bits per heavy atom. The number of rotatable bonds is 2. The molecule has 0 fully saturated rings. The molecule has 2 aromatic rings. The molecule has 0 aliphatic rings. The molecule has 0 amide bonds. The van der Waals surface area contributed by atoms with E-state index in [9.17, 15) is 0 Å². The van der Waals surface area contributed by atoms with Crippen molar-refractivity contribution in [2.45, 2.75) is 19.8 Å². The van der Waals surface area contributed by atoms with Crippen LogP contribution in [0.5, 0.6) is 0 Å². The maximum atomic E-state index is 2.25. The van der Waals surface area contributed by atoms with Crippen LogP contribution >= 0.6 is 0 Å². The average Bonchev–Trinajstić information content (AvgIpc) is 2.50. The Morgan fingerprint density at radius 3 is 2.92 bits per heavy atom. The van der Waals surface area contributed by atoms with E-state index in [4.69, 9.17) is 0 Å². The van der Waals surface area contributed by atoms with Crippen LogP contribution in [0.1, 0.15) is 19.0 Å². The van der Waals surface area contributed by atoms with E-state index in [-0.39, 0.29) is 0 Å². The first-order valence-electron chi connectivity index (χ1n) is 4.47. The molecule has 0 atom stereocenters. The number of hydrogen-bond acceptors (Lipinski definition) is 0. The van der Waals surface area contributed by atoms with Crippen molar-refractivity contribution in [3.8, 4) is 0 Å². The topological polar surface area (TPSA) is 4.41 Å². The van der Waals surface area contributed by atoms with E-state index >= 15 is 0 Å². The lowest BCUT2D eigenvalue weighted by atomic mass is 10.2. The van der Waals surface area contributed by atoms with Gasteiger partial charge in [0, 0.05) is 17.4 Å².